The lowest BCUT2D eigenvalue weighted by Gasteiger charge is -2.10. The molecule has 17 heavy (non-hydrogen) atoms. The predicted molar refractivity (Wildman–Crippen MR) is 57.7 cm³/mol. The van der Waals surface area contributed by atoms with Crippen LogP contribution in [0, 0.1) is 0 Å². The number of rotatable bonds is 8. The summed E-state index contributed by atoms with van der Waals surface area (Å²) in [5.74, 6) is 0.0418. The number of alkyl halides is 3. The molecular formula is C10H19F3N2O2. The van der Waals surface area contributed by atoms with Crippen molar-refractivity contribution in [2.75, 3.05) is 40.4 Å². The predicted octanol–water partition coefficient (Wildman–Crippen LogP) is 1.02. The molecule has 0 heterocycles. The number of ether oxygens (including phenoxy) is 1. The Labute approximate surface area is 99.1 Å². The number of halogens is 3. The van der Waals surface area contributed by atoms with Gasteiger partial charge in [0, 0.05) is 27.1 Å². The highest BCUT2D eigenvalue weighted by molar-refractivity contribution is 5.75. The molecule has 0 spiro atoms. The summed E-state index contributed by atoms with van der Waals surface area (Å²) in [7, 11) is 3.36. The van der Waals surface area contributed by atoms with Crippen molar-refractivity contribution in [3.63, 3.8) is 0 Å². The summed E-state index contributed by atoms with van der Waals surface area (Å²) >= 11 is 0. The van der Waals surface area contributed by atoms with Crippen molar-refractivity contribution in [3.8, 4) is 0 Å². The van der Waals surface area contributed by atoms with E-state index in [1.165, 1.54) is 4.90 Å². The highest BCUT2D eigenvalue weighted by Crippen LogP contribution is 2.13. The molecule has 0 unspecified atom stereocenters. The number of amides is 1. The first kappa shape index (κ1) is 16.2. The smallest absolute Gasteiger partial charge is 0.371 e. The minimum atomic E-state index is -4.27. The first-order valence-corrected chi connectivity index (χ1v) is 5.38. The van der Waals surface area contributed by atoms with Crippen molar-refractivity contribution in [2.45, 2.75) is 19.0 Å². The molecule has 0 aliphatic heterocycles. The number of hydrogen-bond donors (Lipinski definition) is 1. The van der Waals surface area contributed by atoms with Crippen LogP contribution in [0.4, 0.5) is 13.2 Å². The van der Waals surface area contributed by atoms with E-state index in [4.69, 9.17) is 0 Å². The maximum Gasteiger partial charge on any atom is 0.411 e. The van der Waals surface area contributed by atoms with Gasteiger partial charge in [-0.3, -0.25) is 4.79 Å². The average molecular weight is 256 g/mol. The monoisotopic (exact) mass is 256 g/mol. The van der Waals surface area contributed by atoms with Crippen molar-refractivity contribution in [2.24, 2.45) is 0 Å². The van der Waals surface area contributed by atoms with E-state index in [1.54, 1.807) is 14.1 Å². The van der Waals surface area contributed by atoms with Gasteiger partial charge in [-0.15, -0.1) is 0 Å². The Kier molecular flexibility index (Phi) is 7.90. The third kappa shape index (κ3) is 11.4. The van der Waals surface area contributed by atoms with E-state index >= 15 is 0 Å². The number of nitrogens with one attached hydrogen (secondary N) is 1. The zero-order chi connectivity index (χ0) is 13.3. The van der Waals surface area contributed by atoms with Crippen LogP contribution in [-0.4, -0.2) is 57.4 Å². The normalized spacial score (nSPS) is 11.6. The van der Waals surface area contributed by atoms with Crippen LogP contribution < -0.4 is 5.32 Å². The molecule has 0 aliphatic rings. The Morgan fingerprint density at radius 2 is 1.94 bits per heavy atom. The molecule has 0 rings (SSSR count). The van der Waals surface area contributed by atoms with E-state index in [1.807, 2.05) is 0 Å². The molecule has 0 bridgehead atoms. The Hall–Kier alpha value is -0.820. The first-order chi connectivity index (χ1) is 7.83. The summed E-state index contributed by atoms with van der Waals surface area (Å²) < 4.78 is 39.4. The van der Waals surface area contributed by atoms with E-state index < -0.39 is 12.8 Å². The highest BCUT2D eigenvalue weighted by atomic mass is 19.4. The van der Waals surface area contributed by atoms with Gasteiger partial charge in [0.1, 0.15) is 6.61 Å². The van der Waals surface area contributed by atoms with E-state index in [2.05, 4.69) is 10.1 Å². The van der Waals surface area contributed by atoms with Crippen molar-refractivity contribution in [1.82, 2.24) is 10.2 Å². The van der Waals surface area contributed by atoms with Crippen LogP contribution in [0.3, 0.4) is 0 Å². The van der Waals surface area contributed by atoms with Gasteiger partial charge in [0.05, 0.1) is 6.61 Å². The number of carbonyl (C=O) groups excluding carboxylic acids is 1. The summed E-state index contributed by atoms with van der Waals surface area (Å²) in [6, 6.07) is 0. The van der Waals surface area contributed by atoms with Crippen LogP contribution in [-0.2, 0) is 9.53 Å². The molecule has 102 valence electrons. The summed E-state index contributed by atoms with van der Waals surface area (Å²) in [4.78, 5) is 12.6. The maximum atomic E-state index is 11.7. The van der Waals surface area contributed by atoms with Gasteiger partial charge in [-0.1, -0.05) is 0 Å². The third-order valence-electron chi connectivity index (χ3n) is 1.93. The van der Waals surface area contributed by atoms with Gasteiger partial charge in [-0.25, -0.2) is 0 Å². The van der Waals surface area contributed by atoms with Gasteiger partial charge in [0.25, 0.3) is 0 Å². The molecule has 0 aromatic rings. The van der Waals surface area contributed by atoms with Crippen molar-refractivity contribution >= 4 is 5.91 Å². The molecule has 0 atom stereocenters. The van der Waals surface area contributed by atoms with Crippen molar-refractivity contribution < 1.29 is 22.7 Å². The van der Waals surface area contributed by atoms with Crippen LogP contribution in [0.25, 0.3) is 0 Å². The molecule has 7 heteroatoms. The third-order valence-corrected chi connectivity index (χ3v) is 1.93. The van der Waals surface area contributed by atoms with Crippen molar-refractivity contribution in [1.29, 1.82) is 0 Å². The summed E-state index contributed by atoms with van der Waals surface area (Å²) in [6.45, 7) is -0.254. The fourth-order valence-electron chi connectivity index (χ4n) is 1.05. The molecule has 0 saturated carbocycles. The molecule has 0 aliphatic carbocycles. The molecule has 1 N–H and O–H groups in total. The molecule has 0 aromatic heterocycles. The van der Waals surface area contributed by atoms with Crippen LogP contribution in [0.5, 0.6) is 0 Å². The van der Waals surface area contributed by atoms with Gasteiger partial charge in [0.15, 0.2) is 0 Å². The summed E-state index contributed by atoms with van der Waals surface area (Å²) in [5.41, 5.74) is 0. The fraction of sp³-hybridized carbons (Fsp3) is 0.900. The molecule has 0 aromatic carbocycles. The lowest BCUT2D eigenvalue weighted by molar-refractivity contribution is -0.173. The fourth-order valence-corrected chi connectivity index (χ4v) is 1.05. The van der Waals surface area contributed by atoms with Gasteiger partial charge in [0.2, 0.25) is 5.91 Å². The molecule has 4 nitrogen and oxygen atoms in total. The second kappa shape index (κ2) is 8.30. The minimum absolute atomic E-state index is 0.0150. The standard InChI is InChI=1S/C10H19F3N2O2/c1-15(2)9(16)4-3-5-14-6-7-17-8-10(11,12)13/h14H,3-8H2,1-2H3. The molecule has 1 amide bonds. The lowest BCUT2D eigenvalue weighted by atomic mass is 10.3. The molecule has 0 fully saturated rings. The minimum Gasteiger partial charge on any atom is -0.371 e. The Balaban J connectivity index is 3.22. The Bertz CT molecular complexity index is 220. The summed E-state index contributed by atoms with van der Waals surface area (Å²) in [5, 5.41) is 2.90. The van der Waals surface area contributed by atoms with Crippen molar-refractivity contribution in [3.05, 3.63) is 0 Å². The Morgan fingerprint density at radius 3 is 2.47 bits per heavy atom. The van der Waals surface area contributed by atoms with Crippen LogP contribution in [0.2, 0.25) is 0 Å². The van der Waals surface area contributed by atoms with Gasteiger partial charge < -0.3 is 15.0 Å². The summed E-state index contributed by atoms with van der Waals surface area (Å²) in [6.07, 6.45) is -3.17. The average Bonchev–Trinajstić information content (AvgIpc) is 2.19. The zero-order valence-electron chi connectivity index (χ0n) is 10.1. The second-order valence-electron chi connectivity index (χ2n) is 3.81. The number of hydrogen-bond acceptors (Lipinski definition) is 3. The van der Waals surface area contributed by atoms with E-state index in [-0.39, 0.29) is 12.5 Å². The van der Waals surface area contributed by atoms with Crippen LogP contribution >= 0.6 is 0 Å². The first-order valence-electron chi connectivity index (χ1n) is 5.38. The topological polar surface area (TPSA) is 41.6 Å². The molecule has 0 radical (unpaired) electrons. The SMILES string of the molecule is CN(C)C(=O)CCCNCCOCC(F)(F)F. The quantitative estimate of drug-likeness (QED) is 0.659. The molecule has 0 saturated heterocycles. The van der Waals surface area contributed by atoms with Gasteiger partial charge in [-0.2, -0.15) is 13.2 Å². The number of carbonyl (C=O) groups is 1. The highest BCUT2D eigenvalue weighted by Gasteiger charge is 2.27. The van der Waals surface area contributed by atoms with Crippen LogP contribution in [0.15, 0.2) is 0 Å². The van der Waals surface area contributed by atoms with Crippen LogP contribution in [0.1, 0.15) is 12.8 Å². The maximum absolute atomic E-state index is 11.7. The number of nitrogens with zero attached hydrogens (tertiary/aromatic N) is 1. The molecular weight excluding hydrogens is 237 g/mol. The van der Waals surface area contributed by atoms with Gasteiger partial charge >= 0.3 is 6.18 Å². The van der Waals surface area contributed by atoms with Gasteiger partial charge in [-0.05, 0) is 13.0 Å². The Morgan fingerprint density at radius 1 is 1.29 bits per heavy atom. The second-order valence-corrected chi connectivity index (χ2v) is 3.81. The van der Waals surface area contributed by atoms with E-state index in [0.29, 0.717) is 25.9 Å². The van der Waals surface area contributed by atoms with E-state index in [9.17, 15) is 18.0 Å². The largest absolute Gasteiger partial charge is 0.411 e. The van der Waals surface area contributed by atoms with E-state index in [0.717, 1.165) is 0 Å². The lowest BCUT2D eigenvalue weighted by Crippen LogP contribution is -2.26. The zero-order valence-corrected chi connectivity index (χ0v) is 10.1.